The quantitative estimate of drug-likeness (QED) is 0.507. The van der Waals surface area contributed by atoms with Crippen molar-refractivity contribution < 1.29 is 4.39 Å². The molecule has 0 aromatic carbocycles. The molecule has 0 saturated heterocycles. The molecular weight excluding hydrogens is 223 g/mol. The van der Waals surface area contributed by atoms with Gasteiger partial charge in [-0.3, -0.25) is 0 Å². The van der Waals surface area contributed by atoms with Crippen LogP contribution < -0.4 is 0 Å². The van der Waals surface area contributed by atoms with E-state index in [2.05, 4.69) is 20.1 Å². The van der Waals surface area contributed by atoms with E-state index in [4.69, 9.17) is 0 Å². The van der Waals surface area contributed by atoms with Gasteiger partial charge < -0.3 is 0 Å². The van der Waals surface area contributed by atoms with Crippen molar-refractivity contribution >= 4 is 0 Å². The van der Waals surface area contributed by atoms with Crippen LogP contribution in [0.5, 0.6) is 0 Å². The molecule has 1 saturated carbocycles. The van der Waals surface area contributed by atoms with Crippen molar-refractivity contribution in [2.45, 2.75) is 60.3 Å². The van der Waals surface area contributed by atoms with E-state index in [9.17, 15) is 4.39 Å². The van der Waals surface area contributed by atoms with Crippen molar-refractivity contribution in [3.05, 3.63) is 36.7 Å². The van der Waals surface area contributed by atoms with Crippen molar-refractivity contribution in [3.8, 4) is 0 Å². The fraction of sp³-hybridized carbons (Fsp3) is 0.647. The van der Waals surface area contributed by atoms with Crippen LogP contribution in [-0.2, 0) is 0 Å². The maximum Gasteiger partial charge on any atom is 0.116 e. The van der Waals surface area contributed by atoms with Crippen LogP contribution in [0.15, 0.2) is 36.7 Å². The molecule has 106 valence electrons. The molecule has 0 unspecified atom stereocenters. The molecule has 0 N–H and O–H groups in total. The lowest BCUT2D eigenvalue weighted by molar-refractivity contribution is 0.324. The summed E-state index contributed by atoms with van der Waals surface area (Å²) in [6.07, 6.45) is 8.11. The third-order valence-electron chi connectivity index (χ3n) is 3.02. The summed E-state index contributed by atoms with van der Waals surface area (Å²) in [5, 5.41) is 0. The molecule has 0 aliphatic heterocycles. The van der Waals surface area contributed by atoms with E-state index in [1.807, 2.05) is 27.7 Å². The highest BCUT2D eigenvalue weighted by atomic mass is 19.1. The Labute approximate surface area is 114 Å². The van der Waals surface area contributed by atoms with Crippen LogP contribution in [0.25, 0.3) is 0 Å². The average molecular weight is 254 g/mol. The van der Waals surface area contributed by atoms with E-state index < -0.39 is 5.83 Å². The molecule has 0 atom stereocenters. The average Bonchev–Trinajstić information content (AvgIpc) is 2.41. The molecule has 1 heteroatoms. The largest absolute Gasteiger partial charge is 0.208 e. The van der Waals surface area contributed by atoms with Gasteiger partial charge in [0.15, 0.2) is 0 Å². The minimum atomic E-state index is -0.393. The summed E-state index contributed by atoms with van der Waals surface area (Å²) >= 11 is 0. The summed E-state index contributed by atoms with van der Waals surface area (Å²) in [5.74, 6) is 1.01. The summed E-state index contributed by atoms with van der Waals surface area (Å²) in [7, 11) is 0. The van der Waals surface area contributed by atoms with Gasteiger partial charge in [-0.1, -0.05) is 72.3 Å². The second-order valence-corrected chi connectivity index (χ2v) is 4.31. The summed E-state index contributed by atoms with van der Waals surface area (Å²) in [6, 6.07) is 0. The fourth-order valence-corrected chi connectivity index (χ4v) is 1.96. The lowest BCUT2D eigenvalue weighted by atomic mass is 9.79. The van der Waals surface area contributed by atoms with Crippen LogP contribution >= 0.6 is 0 Å². The summed E-state index contributed by atoms with van der Waals surface area (Å²) < 4.78 is 12.4. The molecule has 1 fully saturated rings. The molecule has 0 radical (unpaired) electrons. The third kappa shape index (κ3) is 9.21. The van der Waals surface area contributed by atoms with E-state index in [1.54, 1.807) is 6.08 Å². The van der Waals surface area contributed by atoms with Crippen LogP contribution in [0.3, 0.4) is 0 Å². The molecule has 1 rings (SSSR count). The Balaban J connectivity index is 0. The van der Waals surface area contributed by atoms with Gasteiger partial charge in [-0.05, 0) is 30.8 Å². The maximum atomic E-state index is 12.4. The van der Waals surface area contributed by atoms with Gasteiger partial charge in [0, 0.05) is 0 Å². The molecule has 0 spiro atoms. The first-order chi connectivity index (χ1) is 8.59. The van der Waals surface area contributed by atoms with Crippen LogP contribution in [-0.4, -0.2) is 0 Å². The molecule has 0 heterocycles. The Bertz CT molecular complexity index is 242. The van der Waals surface area contributed by atoms with Gasteiger partial charge in [-0.25, -0.2) is 4.39 Å². The second-order valence-electron chi connectivity index (χ2n) is 4.31. The lowest BCUT2D eigenvalue weighted by Gasteiger charge is -2.26. The zero-order chi connectivity index (χ0) is 14.6. The van der Waals surface area contributed by atoms with Gasteiger partial charge in [0.05, 0.1) is 0 Å². The number of halogens is 1. The van der Waals surface area contributed by atoms with E-state index in [1.165, 1.54) is 31.8 Å². The molecular formula is C17H31F. The summed E-state index contributed by atoms with van der Waals surface area (Å²) in [5.41, 5.74) is 1.05. The van der Waals surface area contributed by atoms with Crippen molar-refractivity contribution in [2.24, 2.45) is 11.8 Å². The van der Waals surface area contributed by atoms with Crippen LogP contribution in [0.4, 0.5) is 4.39 Å². The van der Waals surface area contributed by atoms with Crippen molar-refractivity contribution in [3.63, 3.8) is 0 Å². The Hall–Kier alpha value is -0.850. The van der Waals surface area contributed by atoms with Crippen molar-refractivity contribution in [1.82, 2.24) is 0 Å². The van der Waals surface area contributed by atoms with Gasteiger partial charge >= 0.3 is 0 Å². The van der Waals surface area contributed by atoms with Gasteiger partial charge in [0.25, 0.3) is 0 Å². The van der Waals surface area contributed by atoms with E-state index in [0.29, 0.717) is 5.92 Å². The molecule has 0 aromatic heterocycles. The highest BCUT2D eigenvalue weighted by Crippen LogP contribution is 2.32. The van der Waals surface area contributed by atoms with Crippen LogP contribution in [0, 0.1) is 11.8 Å². The van der Waals surface area contributed by atoms with Crippen LogP contribution in [0.2, 0.25) is 0 Å². The molecule has 18 heavy (non-hydrogen) atoms. The minimum absolute atomic E-state index is 0.393. The van der Waals surface area contributed by atoms with Crippen molar-refractivity contribution in [1.29, 1.82) is 0 Å². The Morgan fingerprint density at radius 3 is 1.78 bits per heavy atom. The molecule has 1 aliphatic rings. The minimum Gasteiger partial charge on any atom is -0.208 e. The number of allylic oxidation sites excluding steroid dienone is 4. The zero-order valence-corrected chi connectivity index (χ0v) is 12.9. The van der Waals surface area contributed by atoms with Gasteiger partial charge in [-0.15, -0.1) is 0 Å². The smallest absolute Gasteiger partial charge is 0.116 e. The third-order valence-corrected chi connectivity index (χ3v) is 3.02. The van der Waals surface area contributed by atoms with E-state index in [-0.39, 0.29) is 0 Å². The highest BCUT2D eigenvalue weighted by Gasteiger charge is 2.18. The number of rotatable bonds is 3. The SMILES string of the molecule is C=C(F)/C=C\C(=C)C1CCC(C)CC1.CC.CC. The molecule has 0 aromatic rings. The Morgan fingerprint density at radius 1 is 0.944 bits per heavy atom. The Morgan fingerprint density at radius 2 is 1.39 bits per heavy atom. The monoisotopic (exact) mass is 254 g/mol. The summed E-state index contributed by atoms with van der Waals surface area (Å²) in [6.45, 7) is 17.5. The van der Waals surface area contributed by atoms with E-state index in [0.717, 1.165) is 11.5 Å². The molecule has 0 bridgehead atoms. The topological polar surface area (TPSA) is 0 Å². The Kier molecular flexibility index (Phi) is 13.6. The molecule has 0 nitrogen and oxygen atoms in total. The van der Waals surface area contributed by atoms with E-state index >= 15 is 0 Å². The maximum absolute atomic E-state index is 12.4. The van der Waals surface area contributed by atoms with Crippen LogP contribution in [0.1, 0.15) is 60.3 Å². The van der Waals surface area contributed by atoms with Gasteiger partial charge in [-0.2, -0.15) is 0 Å². The second kappa shape index (κ2) is 12.6. The zero-order valence-electron chi connectivity index (χ0n) is 12.9. The first-order valence-corrected chi connectivity index (χ1v) is 7.31. The predicted molar refractivity (Wildman–Crippen MR) is 82.3 cm³/mol. The first-order valence-electron chi connectivity index (χ1n) is 7.31. The van der Waals surface area contributed by atoms with Gasteiger partial charge in [0.1, 0.15) is 5.83 Å². The number of hydrogen-bond donors (Lipinski definition) is 0. The summed E-state index contributed by atoms with van der Waals surface area (Å²) in [4.78, 5) is 0. The highest BCUT2D eigenvalue weighted by molar-refractivity contribution is 5.23. The molecule has 1 aliphatic carbocycles. The van der Waals surface area contributed by atoms with Gasteiger partial charge in [0.2, 0.25) is 0 Å². The number of hydrogen-bond acceptors (Lipinski definition) is 0. The predicted octanol–water partition coefficient (Wildman–Crippen LogP) is 6.46. The molecule has 0 amide bonds. The fourth-order valence-electron chi connectivity index (χ4n) is 1.96. The normalized spacial score (nSPS) is 22.3. The lowest BCUT2D eigenvalue weighted by Crippen LogP contribution is -2.12. The first kappa shape index (κ1) is 19.5. The standard InChI is InChI=1S/C13H19F.2C2H6/c1-10-4-8-13(9-5-10)11(2)6-7-12(3)14;2*1-2/h6-7,10,13H,2-5,8-9H2,1H3;2*1-2H3/b7-6-;;. The van der Waals surface area contributed by atoms with Crippen molar-refractivity contribution in [2.75, 3.05) is 0 Å².